The minimum Gasteiger partial charge on any atom is -0.315 e. The molecule has 2 heteroatoms. The molecule has 2 nitrogen and oxygen atoms in total. The van der Waals surface area contributed by atoms with Crippen LogP contribution >= 0.6 is 0 Å². The Morgan fingerprint density at radius 3 is 2.14 bits per heavy atom. The van der Waals surface area contributed by atoms with Crippen molar-refractivity contribution in [2.24, 2.45) is 17.3 Å². The van der Waals surface area contributed by atoms with Crippen LogP contribution in [0, 0.1) is 17.3 Å². The molecule has 0 bridgehead atoms. The maximum absolute atomic E-state index is 3.58. The Labute approximate surface area is 133 Å². The zero-order valence-corrected chi connectivity index (χ0v) is 15.0. The average Bonchev–Trinajstić information content (AvgIpc) is 2.43. The largest absolute Gasteiger partial charge is 0.315 e. The van der Waals surface area contributed by atoms with E-state index >= 15 is 0 Å². The molecule has 1 spiro atoms. The first-order chi connectivity index (χ1) is 9.99. The van der Waals surface area contributed by atoms with Gasteiger partial charge in [0.2, 0.25) is 0 Å². The molecule has 0 amide bonds. The Hall–Kier alpha value is -0.0800. The molecule has 1 N–H and O–H groups in total. The van der Waals surface area contributed by atoms with Crippen LogP contribution in [0.2, 0.25) is 0 Å². The molecule has 1 saturated heterocycles. The van der Waals surface area contributed by atoms with Gasteiger partial charge in [0.25, 0.3) is 0 Å². The predicted octanol–water partition coefficient (Wildman–Crippen LogP) is 4.30. The molecule has 0 aromatic heterocycles. The second-order valence-corrected chi connectivity index (χ2v) is 8.54. The summed E-state index contributed by atoms with van der Waals surface area (Å²) in [6, 6.07) is 0.644. The second kappa shape index (κ2) is 7.97. The first kappa shape index (κ1) is 17.3. The van der Waals surface area contributed by atoms with E-state index in [2.05, 4.69) is 37.9 Å². The van der Waals surface area contributed by atoms with E-state index in [0.717, 1.165) is 17.3 Å². The van der Waals surface area contributed by atoms with Crippen molar-refractivity contribution in [3.05, 3.63) is 0 Å². The van der Waals surface area contributed by atoms with Gasteiger partial charge in [0, 0.05) is 12.6 Å². The molecule has 1 heterocycles. The van der Waals surface area contributed by atoms with Crippen molar-refractivity contribution < 1.29 is 0 Å². The molecule has 1 aliphatic heterocycles. The van der Waals surface area contributed by atoms with E-state index in [0.29, 0.717) is 6.04 Å². The summed E-state index contributed by atoms with van der Waals surface area (Å²) in [5.74, 6) is 1.82. The van der Waals surface area contributed by atoms with Crippen LogP contribution in [-0.4, -0.2) is 37.1 Å². The maximum atomic E-state index is 3.58. The summed E-state index contributed by atoms with van der Waals surface area (Å²) in [5, 5.41) is 3.58. The minimum absolute atomic E-state index is 0.644. The Balaban J connectivity index is 1.67. The van der Waals surface area contributed by atoms with Crippen LogP contribution in [0.1, 0.15) is 72.6 Å². The fraction of sp³-hybridized carbons (Fsp3) is 1.00. The number of hydrogen-bond acceptors (Lipinski definition) is 2. The summed E-state index contributed by atoms with van der Waals surface area (Å²) < 4.78 is 0. The quantitative estimate of drug-likeness (QED) is 0.785. The van der Waals surface area contributed by atoms with Crippen molar-refractivity contribution in [2.45, 2.75) is 78.7 Å². The van der Waals surface area contributed by atoms with E-state index in [9.17, 15) is 0 Å². The van der Waals surface area contributed by atoms with Crippen LogP contribution in [0.4, 0.5) is 0 Å². The lowest BCUT2D eigenvalue weighted by molar-refractivity contribution is 0.0463. The van der Waals surface area contributed by atoms with Gasteiger partial charge >= 0.3 is 0 Å². The van der Waals surface area contributed by atoms with Crippen molar-refractivity contribution in [3.63, 3.8) is 0 Å². The van der Waals surface area contributed by atoms with Gasteiger partial charge < -0.3 is 10.2 Å². The highest BCUT2D eigenvalue weighted by molar-refractivity contribution is 4.90. The van der Waals surface area contributed by atoms with E-state index in [-0.39, 0.29) is 0 Å². The maximum Gasteiger partial charge on any atom is 0.00103 e. The Morgan fingerprint density at radius 2 is 1.62 bits per heavy atom. The molecule has 0 aromatic rings. The SMILES string of the molecule is CC(C)CN1CCC2(CCC(CCNC(C)C)CC2)CC1. The van der Waals surface area contributed by atoms with Gasteiger partial charge in [0.05, 0.1) is 0 Å². The summed E-state index contributed by atoms with van der Waals surface area (Å²) in [4.78, 5) is 2.70. The van der Waals surface area contributed by atoms with E-state index in [4.69, 9.17) is 0 Å². The standard InChI is InChI=1S/C19H38N2/c1-16(2)15-21-13-10-19(11-14-21)8-5-18(6-9-19)7-12-20-17(3)4/h16-18,20H,5-15H2,1-4H3. The molecular formula is C19H38N2. The van der Waals surface area contributed by atoms with Gasteiger partial charge in [0.15, 0.2) is 0 Å². The van der Waals surface area contributed by atoms with Crippen LogP contribution in [0.15, 0.2) is 0 Å². The van der Waals surface area contributed by atoms with Gasteiger partial charge in [0.1, 0.15) is 0 Å². The molecule has 0 radical (unpaired) electrons. The monoisotopic (exact) mass is 294 g/mol. The molecule has 0 aromatic carbocycles. The van der Waals surface area contributed by atoms with Gasteiger partial charge in [-0.3, -0.25) is 0 Å². The molecule has 2 fully saturated rings. The summed E-state index contributed by atoms with van der Waals surface area (Å²) in [5.41, 5.74) is 0.732. The lowest BCUT2D eigenvalue weighted by Crippen LogP contribution is -2.43. The topological polar surface area (TPSA) is 15.3 Å². The molecule has 1 aliphatic carbocycles. The number of hydrogen-bond donors (Lipinski definition) is 1. The lowest BCUT2D eigenvalue weighted by atomic mass is 9.65. The second-order valence-electron chi connectivity index (χ2n) is 8.54. The van der Waals surface area contributed by atoms with Gasteiger partial charge in [-0.25, -0.2) is 0 Å². The van der Waals surface area contributed by atoms with Crippen LogP contribution < -0.4 is 5.32 Å². The minimum atomic E-state index is 0.644. The fourth-order valence-electron chi connectivity index (χ4n) is 4.38. The molecular weight excluding hydrogens is 256 g/mol. The summed E-state index contributed by atoms with van der Waals surface area (Å²) in [7, 11) is 0. The van der Waals surface area contributed by atoms with Crippen LogP contribution in [0.25, 0.3) is 0 Å². The molecule has 2 aliphatic rings. The molecule has 124 valence electrons. The fourth-order valence-corrected chi connectivity index (χ4v) is 4.38. The van der Waals surface area contributed by atoms with Crippen molar-refractivity contribution >= 4 is 0 Å². The van der Waals surface area contributed by atoms with E-state index < -0.39 is 0 Å². The summed E-state index contributed by atoms with van der Waals surface area (Å²) in [6.07, 6.45) is 10.3. The number of piperidine rings is 1. The van der Waals surface area contributed by atoms with Crippen LogP contribution in [0.3, 0.4) is 0 Å². The molecule has 2 rings (SSSR count). The Morgan fingerprint density at radius 1 is 1.00 bits per heavy atom. The zero-order chi connectivity index (χ0) is 15.3. The van der Waals surface area contributed by atoms with E-state index in [1.165, 1.54) is 71.1 Å². The third-order valence-electron chi connectivity index (χ3n) is 5.81. The van der Waals surface area contributed by atoms with Crippen LogP contribution in [0.5, 0.6) is 0 Å². The van der Waals surface area contributed by atoms with Crippen molar-refractivity contribution in [3.8, 4) is 0 Å². The zero-order valence-electron chi connectivity index (χ0n) is 15.0. The van der Waals surface area contributed by atoms with Gasteiger partial charge in [-0.2, -0.15) is 0 Å². The molecule has 0 atom stereocenters. The molecule has 0 unspecified atom stereocenters. The third kappa shape index (κ3) is 5.56. The first-order valence-corrected chi connectivity index (χ1v) is 9.45. The van der Waals surface area contributed by atoms with Gasteiger partial charge in [-0.05, 0) is 81.8 Å². The average molecular weight is 295 g/mol. The highest BCUT2D eigenvalue weighted by atomic mass is 15.1. The first-order valence-electron chi connectivity index (χ1n) is 9.45. The number of likely N-dealkylation sites (tertiary alicyclic amines) is 1. The lowest BCUT2D eigenvalue weighted by Gasteiger charge is -2.46. The van der Waals surface area contributed by atoms with Gasteiger partial charge in [-0.1, -0.05) is 27.7 Å². The smallest absolute Gasteiger partial charge is 0.00103 e. The highest BCUT2D eigenvalue weighted by Gasteiger charge is 2.37. The van der Waals surface area contributed by atoms with Crippen LogP contribution in [-0.2, 0) is 0 Å². The molecule has 1 saturated carbocycles. The summed E-state index contributed by atoms with van der Waals surface area (Å²) >= 11 is 0. The highest BCUT2D eigenvalue weighted by Crippen LogP contribution is 2.46. The number of nitrogens with zero attached hydrogens (tertiary/aromatic N) is 1. The van der Waals surface area contributed by atoms with Gasteiger partial charge in [-0.15, -0.1) is 0 Å². The van der Waals surface area contributed by atoms with E-state index in [1.54, 1.807) is 0 Å². The number of nitrogens with one attached hydrogen (secondary N) is 1. The molecule has 21 heavy (non-hydrogen) atoms. The van der Waals surface area contributed by atoms with Crippen molar-refractivity contribution in [1.29, 1.82) is 0 Å². The van der Waals surface area contributed by atoms with Crippen molar-refractivity contribution in [1.82, 2.24) is 10.2 Å². The van der Waals surface area contributed by atoms with Crippen molar-refractivity contribution in [2.75, 3.05) is 26.2 Å². The third-order valence-corrected chi connectivity index (χ3v) is 5.81. The Bertz CT molecular complexity index is 280. The summed E-state index contributed by atoms with van der Waals surface area (Å²) in [6.45, 7) is 14.4. The normalized spacial score (nSPS) is 24.3. The predicted molar refractivity (Wildman–Crippen MR) is 92.7 cm³/mol. The van der Waals surface area contributed by atoms with E-state index in [1.807, 2.05) is 0 Å². The number of rotatable bonds is 6. The Kier molecular flexibility index (Phi) is 6.55.